The van der Waals surface area contributed by atoms with E-state index in [1.807, 2.05) is 6.07 Å². The molecule has 3 nitrogen and oxygen atoms in total. The van der Waals surface area contributed by atoms with E-state index in [1.54, 1.807) is 12.1 Å². The summed E-state index contributed by atoms with van der Waals surface area (Å²) in [5.41, 5.74) is 7.51. The quantitative estimate of drug-likeness (QED) is 0.850. The number of benzene rings is 1. The second-order valence-electron chi connectivity index (χ2n) is 4.20. The number of hydrogen-bond acceptors (Lipinski definition) is 3. The van der Waals surface area contributed by atoms with Crippen LogP contribution in [0.15, 0.2) is 18.2 Å². The molecule has 0 amide bonds. The van der Waals surface area contributed by atoms with Gasteiger partial charge in [0.05, 0.1) is 11.6 Å². The van der Waals surface area contributed by atoms with Gasteiger partial charge in [-0.1, -0.05) is 17.7 Å². The lowest BCUT2D eigenvalue weighted by Gasteiger charge is -2.16. The van der Waals surface area contributed by atoms with Crippen LogP contribution in [-0.4, -0.2) is 24.0 Å². The van der Waals surface area contributed by atoms with Gasteiger partial charge in [-0.25, -0.2) is 0 Å². The monoisotopic (exact) mass is 235 g/mol. The molecule has 1 aromatic rings. The molecule has 1 fully saturated rings. The highest BCUT2D eigenvalue weighted by atomic mass is 35.5. The lowest BCUT2D eigenvalue weighted by Crippen LogP contribution is -2.26. The van der Waals surface area contributed by atoms with Gasteiger partial charge in [0.25, 0.3) is 0 Å². The first-order chi connectivity index (χ1) is 7.69. The van der Waals surface area contributed by atoms with Crippen molar-refractivity contribution < 1.29 is 0 Å². The van der Waals surface area contributed by atoms with Gasteiger partial charge in [-0.15, -0.1) is 0 Å². The lowest BCUT2D eigenvalue weighted by atomic mass is 10.1. The summed E-state index contributed by atoms with van der Waals surface area (Å²) in [7, 11) is 0. The van der Waals surface area contributed by atoms with Gasteiger partial charge in [0.15, 0.2) is 0 Å². The molecular formula is C12H14ClN3. The molecule has 1 aliphatic heterocycles. The van der Waals surface area contributed by atoms with Crippen molar-refractivity contribution in [3.8, 4) is 6.07 Å². The maximum absolute atomic E-state index is 8.74. The van der Waals surface area contributed by atoms with Crippen LogP contribution in [0, 0.1) is 11.3 Å². The zero-order chi connectivity index (χ0) is 11.5. The van der Waals surface area contributed by atoms with Crippen LogP contribution < -0.4 is 5.73 Å². The van der Waals surface area contributed by atoms with Crippen molar-refractivity contribution in [2.45, 2.75) is 19.0 Å². The van der Waals surface area contributed by atoms with Gasteiger partial charge < -0.3 is 5.73 Å². The third-order valence-corrected chi connectivity index (χ3v) is 3.24. The molecule has 0 radical (unpaired) electrons. The smallest absolute Gasteiger partial charge is 0.0992 e. The van der Waals surface area contributed by atoms with Gasteiger partial charge in [0, 0.05) is 30.7 Å². The highest BCUT2D eigenvalue weighted by molar-refractivity contribution is 6.31. The molecule has 16 heavy (non-hydrogen) atoms. The van der Waals surface area contributed by atoms with E-state index in [4.69, 9.17) is 22.6 Å². The zero-order valence-corrected chi connectivity index (χ0v) is 9.74. The number of rotatable bonds is 2. The van der Waals surface area contributed by atoms with E-state index in [9.17, 15) is 0 Å². The van der Waals surface area contributed by atoms with Crippen LogP contribution in [0.3, 0.4) is 0 Å². The summed E-state index contributed by atoms with van der Waals surface area (Å²) in [6.45, 7) is 2.77. The number of hydrogen-bond donors (Lipinski definition) is 1. The van der Waals surface area contributed by atoms with Crippen LogP contribution in [0.25, 0.3) is 0 Å². The highest BCUT2D eigenvalue weighted by Gasteiger charge is 2.19. The van der Waals surface area contributed by atoms with Crippen molar-refractivity contribution >= 4 is 11.6 Å². The maximum Gasteiger partial charge on any atom is 0.0992 e. The van der Waals surface area contributed by atoms with Crippen LogP contribution >= 0.6 is 11.6 Å². The highest BCUT2D eigenvalue weighted by Crippen LogP contribution is 2.21. The summed E-state index contributed by atoms with van der Waals surface area (Å²) in [6, 6.07) is 7.81. The Morgan fingerprint density at radius 3 is 2.94 bits per heavy atom. The minimum Gasteiger partial charge on any atom is -0.326 e. The Balaban J connectivity index is 2.08. The molecule has 1 heterocycles. The molecule has 0 unspecified atom stereocenters. The van der Waals surface area contributed by atoms with E-state index in [-0.39, 0.29) is 6.04 Å². The minimum atomic E-state index is 0.289. The fraction of sp³-hybridized carbons (Fsp3) is 0.417. The largest absolute Gasteiger partial charge is 0.326 e. The molecule has 0 bridgehead atoms. The number of nitrogens with zero attached hydrogens (tertiary/aromatic N) is 2. The Morgan fingerprint density at radius 1 is 1.56 bits per heavy atom. The Bertz CT molecular complexity index is 425. The summed E-state index contributed by atoms with van der Waals surface area (Å²) >= 11 is 6.11. The summed E-state index contributed by atoms with van der Waals surface area (Å²) in [5, 5.41) is 9.40. The van der Waals surface area contributed by atoms with Gasteiger partial charge in [0.1, 0.15) is 0 Å². The van der Waals surface area contributed by atoms with Crippen LogP contribution in [-0.2, 0) is 6.54 Å². The predicted molar refractivity (Wildman–Crippen MR) is 64.0 cm³/mol. The first-order valence-electron chi connectivity index (χ1n) is 5.35. The average Bonchev–Trinajstić information content (AvgIpc) is 2.67. The van der Waals surface area contributed by atoms with E-state index in [0.29, 0.717) is 10.6 Å². The molecule has 0 saturated carbocycles. The third-order valence-electron chi connectivity index (χ3n) is 2.88. The normalized spacial score (nSPS) is 20.9. The summed E-state index contributed by atoms with van der Waals surface area (Å²) in [4.78, 5) is 2.29. The Hall–Kier alpha value is -1.08. The van der Waals surface area contributed by atoms with Crippen molar-refractivity contribution in [1.29, 1.82) is 5.26 Å². The van der Waals surface area contributed by atoms with Crippen LogP contribution in [0.1, 0.15) is 17.5 Å². The molecule has 1 aromatic carbocycles. The maximum atomic E-state index is 8.74. The second kappa shape index (κ2) is 4.84. The van der Waals surface area contributed by atoms with Crippen LogP contribution in [0.2, 0.25) is 5.02 Å². The van der Waals surface area contributed by atoms with Gasteiger partial charge in [-0.05, 0) is 24.1 Å². The Labute approximate surface area is 100 Å². The van der Waals surface area contributed by atoms with E-state index in [0.717, 1.165) is 31.6 Å². The zero-order valence-electron chi connectivity index (χ0n) is 8.99. The summed E-state index contributed by atoms with van der Waals surface area (Å²) in [5.74, 6) is 0. The topological polar surface area (TPSA) is 53.0 Å². The van der Waals surface area contributed by atoms with Gasteiger partial charge in [-0.2, -0.15) is 5.26 Å². The van der Waals surface area contributed by atoms with Gasteiger partial charge >= 0.3 is 0 Å². The van der Waals surface area contributed by atoms with E-state index in [2.05, 4.69) is 11.0 Å². The molecule has 84 valence electrons. The van der Waals surface area contributed by atoms with E-state index >= 15 is 0 Å². The molecule has 0 aliphatic carbocycles. The number of likely N-dealkylation sites (tertiary alicyclic amines) is 1. The van der Waals surface area contributed by atoms with E-state index < -0.39 is 0 Å². The fourth-order valence-corrected chi connectivity index (χ4v) is 2.23. The van der Waals surface area contributed by atoms with Gasteiger partial charge in [-0.3, -0.25) is 4.90 Å². The van der Waals surface area contributed by atoms with Crippen molar-refractivity contribution in [1.82, 2.24) is 4.90 Å². The SMILES string of the molecule is N#Cc1ccc(CN2CC[C@@H](N)C2)c(Cl)c1. The average molecular weight is 236 g/mol. The van der Waals surface area contributed by atoms with Gasteiger partial charge in [0.2, 0.25) is 0 Å². The molecule has 1 aliphatic rings. The molecule has 0 spiro atoms. The van der Waals surface area contributed by atoms with Crippen molar-refractivity contribution in [3.63, 3.8) is 0 Å². The first-order valence-corrected chi connectivity index (χ1v) is 5.73. The molecule has 2 rings (SSSR count). The van der Waals surface area contributed by atoms with Crippen LogP contribution in [0.5, 0.6) is 0 Å². The number of nitriles is 1. The third kappa shape index (κ3) is 2.53. The molecule has 1 atom stereocenters. The molecular weight excluding hydrogens is 222 g/mol. The summed E-state index contributed by atoms with van der Waals surface area (Å²) < 4.78 is 0. The first kappa shape index (κ1) is 11.4. The minimum absolute atomic E-state index is 0.289. The second-order valence-corrected chi connectivity index (χ2v) is 4.61. The standard InChI is InChI=1S/C12H14ClN3/c13-12-5-9(6-14)1-2-10(12)7-16-4-3-11(15)8-16/h1-2,5,11H,3-4,7-8,15H2/t11-/m1/s1. The van der Waals surface area contributed by atoms with E-state index in [1.165, 1.54) is 0 Å². The Kier molecular flexibility index (Phi) is 3.45. The molecule has 2 N–H and O–H groups in total. The number of halogens is 1. The molecule has 4 heteroatoms. The van der Waals surface area contributed by atoms with Crippen molar-refractivity contribution in [3.05, 3.63) is 34.3 Å². The van der Waals surface area contributed by atoms with Crippen molar-refractivity contribution in [2.24, 2.45) is 5.73 Å². The van der Waals surface area contributed by atoms with Crippen molar-refractivity contribution in [2.75, 3.05) is 13.1 Å². The molecule has 1 saturated heterocycles. The summed E-state index contributed by atoms with van der Waals surface area (Å²) in [6.07, 6.45) is 1.05. The Morgan fingerprint density at radius 2 is 2.38 bits per heavy atom. The number of nitrogens with two attached hydrogens (primary N) is 1. The predicted octanol–water partition coefficient (Wildman–Crippen LogP) is 1.74. The van der Waals surface area contributed by atoms with Crippen LogP contribution in [0.4, 0.5) is 0 Å². The molecule has 0 aromatic heterocycles. The lowest BCUT2D eigenvalue weighted by molar-refractivity contribution is 0.327. The fourth-order valence-electron chi connectivity index (χ4n) is 1.99.